The predicted octanol–water partition coefficient (Wildman–Crippen LogP) is 1.48. The number of nitrogens with one attached hydrogen (secondary N) is 1. The van der Waals surface area contributed by atoms with Crippen LogP contribution in [0, 0.1) is 5.82 Å². The normalized spacial score (nSPS) is 10.4. The van der Waals surface area contributed by atoms with E-state index in [1.165, 1.54) is 18.2 Å². The number of pyridine rings is 1. The summed E-state index contributed by atoms with van der Waals surface area (Å²) >= 11 is 0. The number of fused-ring (bicyclic) bond motifs is 1. The van der Waals surface area contributed by atoms with Gasteiger partial charge in [-0.05, 0) is 18.2 Å². The first-order valence-electron chi connectivity index (χ1n) is 3.99. The molecule has 0 bridgehead atoms. The Morgan fingerprint density at radius 3 is 2.86 bits per heavy atom. The van der Waals surface area contributed by atoms with E-state index in [-0.39, 0.29) is 10.9 Å². The molecule has 0 radical (unpaired) electrons. The number of carbonyl (C=O) groups excluding carboxylic acids is 1. The summed E-state index contributed by atoms with van der Waals surface area (Å²) in [5.41, 5.74) is -0.179. The Morgan fingerprint density at radius 1 is 1.36 bits per heavy atom. The van der Waals surface area contributed by atoms with Gasteiger partial charge in [0, 0.05) is 5.39 Å². The number of halogens is 1. The molecule has 0 unspecified atom stereocenters. The number of benzene rings is 1. The molecule has 0 aliphatic heterocycles. The van der Waals surface area contributed by atoms with Crippen molar-refractivity contribution in [2.24, 2.45) is 0 Å². The summed E-state index contributed by atoms with van der Waals surface area (Å²) in [6.07, 6.45) is 0.407. The SMILES string of the molecule is O=Cc1cc2c(F)cccc2[nH]c1=O. The highest BCUT2D eigenvalue weighted by Crippen LogP contribution is 2.14. The zero-order valence-electron chi connectivity index (χ0n) is 7.08. The number of hydrogen-bond acceptors (Lipinski definition) is 2. The summed E-state index contributed by atoms with van der Waals surface area (Å²) < 4.78 is 13.2. The van der Waals surface area contributed by atoms with Crippen molar-refractivity contribution >= 4 is 17.2 Å². The summed E-state index contributed by atoms with van der Waals surface area (Å²) in [4.78, 5) is 24.0. The highest BCUT2D eigenvalue weighted by Gasteiger charge is 2.04. The number of aromatic nitrogens is 1. The Bertz CT molecular complexity index is 560. The fourth-order valence-corrected chi connectivity index (χ4v) is 1.30. The van der Waals surface area contributed by atoms with Crippen molar-refractivity contribution in [3.8, 4) is 0 Å². The van der Waals surface area contributed by atoms with Crippen LogP contribution in [0.5, 0.6) is 0 Å². The Kier molecular flexibility index (Phi) is 1.89. The van der Waals surface area contributed by atoms with Crippen LogP contribution in [0.4, 0.5) is 4.39 Å². The van der Waals surface area contributed by atoms with Gasteiger partial charge >= 0.3 is 0 Å². The van der Waals surface area contributed by atoms with E-state index in [1.54, 1.807) is 6.07 Å². The van der Waals surface area contributed by atoms with Crippen LogP contribution in [0.15, 0.2) is 29.1 Å². The third-order valence-electron chi connectivity index (χ3n) is 1.99. The lowest BCUT2D eigenvalue weighted by Crippen LogP contribution is -2.11. The zero-order valence-corrected chi connectivity index (χ0v) is 7.08. The number of H-pyrrole nitrogens is 1. The molecule has 0 spiro atoms. The second-order valence-electron chi connectivity index (χ2n) is 2.87. The van der Waals surface area contributed by atoms with E-state index in [9.17, 15) is 14.0 Å². The minimum Gasteiger partial charge on any atom is -0.321 e. The summed E-state index contributed by atoms with van der Waals surface area (Å²) in [6, 6.07) is 5.59. The van der Waals surface area contributed by atoms with Crippen molar-refractivity contribution in [1.29, 1.82) is 0 Å². The monoisotopic (exact) mass is 191 g/mol. The third kappa shape index (κ3) is 1.21. The quantitative estimate of drug-likeness (QED) is 0.694. The lowest BCUT2D eigenvalue weighted by atomic mass is 10.1. The molecule has 14 heavy (non-hydrogen) atoms. The van der Waals surface area contributed by atoms with Crippen LogP contribution in [-0.4, -0.2) is 11.3 Å². The molecule has 2 rings (SSSR count). The van der Waals surface area contributed by atoms with E-state index >= 15 is 0 Å². The molecular formula is C10H6FNO2. The van der Waals surface area contributed by atoms with Gasteiger partial charge < -0.3 is 4.98 Å². The fourth-order valence-electron chi connectivity index (χ4n) is 1.30. The first-order valence-corrected chi connectivity index (χ1v) is 3.99. The number of carbonyl (C=O) groups is 1. The Morgan fingerprint density at radius 2 is 2.14 bits per heavy atom. The molecule has 0 atom stereocenters. The second-order valence-corrected chi connectivity index (χ2v) is 2.87. The number of rotatable bonds is 1. The van der Waals surface area contributed by atoms with E-state index in [2.05, 4.69) is 4.98 Å². The molecule has 1 N–H and O–H groups in total. The van der Waals surface area contributed by atoms with Gasteiger partial charge in [-0.2, -0.15) is 0 Å². The molecule has 1 heterocycles. The van der Waals surface area contributed by atoms with E-state index in [0.717, 1.165) is 0 Å². The van der Waals surface area contributed by atoms with E-state index in [0.29, 0.717) is 11.8 Å². The van der Waals surface area contributed by atoms with Crippen molar-refractivity contribution < 1.29 is 9.18 Å². The zero-order chi connectivity index (χ0) is 10.1. The summed E-state index contributed by atoms with van der Waals surface area (Å²) in [5, 5.41) is 0.245. The molecule has 2 aromatic rings. The number of aromatic amines is 1. The van der Waals surface area contributed by atoms with Gasteiger partial charge in [-0.3, -0.25) is 9.59 Å². The smallest absolute Gasteiger partial charge is 0.259 e. The molecule has 4 heteroatoms. The summed E-state index contributed by atoms with van der Waals surface area (Å²) in [6.45, 7) is 0. The average Bonchev–Trinajstić information content (AvgIpc) is 2.17. The van der Waals surface area contributed by atoms with Crippen molar-refractivity contribution in [2.75, 3.05) is 0 Å². The maximum absolute atomic E-state index is 13.2. The first kappa shape index (κ1) is 8.62. The van der Waals surface area contributed by atoms with Gasteiger partial charge in [0.15, 0.2) is 6.29 Å². The Labute approximate surface area is 78.2 Å². The van der Waals surface area contributed by atoms with Crippen molar-refractivity contribution in [3.63, 3.8) is 0 Å². The van der Waals surface area contributed by atoms with E-state index < -0.39 is 11.4 Å². The lowest BCUT2D eigenvalue weighted by Gasteiger charge is -1.98. The second kappa shape index (κ2) is 3.06. The fraction of sp³-hybridized carbons (Fsp3) is 0. The highest BCUT2D eigenvalue weighted by atomic mass is 19.1. The minimum absolute atomic E-state index is 0.0670. The maximum atomic E-state index is 13.2. The number of hydrogen-bond donors (Lipinski definition) is 1. The molecule has 1 aromatic carbocycles. The minimum atomic E-state index is -0.502. The third-order valence-corrected chi connectivity index (χ3v) is 1.99. The molecule has 1 aromatic heterocycles. The van der Waals surface area contributed by atoms with Crippen LogP contribution in [0.3, 0.4) is 0 Å². The molecule has 0 amide bonds. The van der Waals surface area contributed by atoms with Gasteiger partial charge in [-0.1, -0.05) is 6.07 Å². The Balaban J connectivity index is 2.94. The first-order chi connectivity index (χ1) is 6.72. The predicted molar refractivity (Wildman–Crippen MR) is 49.9 cm³/mol. The lowest BCUT2D eigenvalue weighted by molar-refractivity contribution is 0.112. The van der Waals surface area contributed by atoms with Crippen LogP contribution < -0.4 is 5.56 Å². The topological polar surface area (TPSA) is 49.9 Å². The van der Waals surface area contributed by atoms with Gasteiger partial charge in [0.1, 0.15) is 5.82 Å². The molecule has 0 fully saturated rings. The molecular weight excluding hydrogens is 185 g/mol. The number of aldehydes is 1. The summed E-state index contributed by atoms with van der Waals surface area (Å²) in [5.74, 6) is -0.457. The largest absolute Gasteiger partial charge is 0.321 e. The van der Waals surface area contributed by atoms with Crippen molar-refractivity contribution in [1.82, 2.24) is 4.98 Å². The van der Waals surface area contributed by atoms with Crippen LogP contribution in [0.25, 0.3) is 10.9 Å². The molecule has 3 nitrogen and oxygen atoms in total. The standard InChI is InChI=1S/C10H6FNO2/c11-8-2-1-3-9-7(8)4-6(5-13)10(14)12-9/h1-5H,(H,12,14). The highest BCUT2D eigenvalue weighted by molar-refractivity contribution is 5.85. The van der Waals surface area contributed by atoms with Crippen LogP contribution >= 0.6 is 0 Å². The maximum Gasteiger partial charge on any atom is 0.259 e. The summed E-state index contributed by atoms with van der Waals surface area (Å²) in [7, 11) is 0. The average molecular weight is 191 g/mol. The van der Waals surface area contributed by atoms with Gasteiger partial charge in [0.05, 0.1) is 11.1 Å². The van der Waals surface area contributed by atoms with Gasteiger partial charge in [0.25, 0.3) is 5.56 Å². The Hall–Kier alpha value is -1.97. The molecule has 0 saturated carbocycles. The van der Waals surface area contributed by atoms with Gasteiger partial charge in [-0.25, -0.2) is 4.39 Å². The molecule has 70 valence electrons. The van der Waals surface area contributed by atoms with Crippen molar-refractivity contribution in [2.45, 2.75) is 0 Å². The van der Waals surface area contributed by atoms with Crippen LogP contribution in [-0.2, 0) is 0 Å². The van der Waals surface area contributed by atoms with Crippen molar-refractivity contribution in [3.05, 3.63) is 46.0 Å². The van der Waals surface area contributed by atoms with E-state index in [1.807, 2.05) is 0 Å². The van der Waals surface area contributed by atoms with Gasteiger partial charge in [0.2, 0.25) is 0 Å². The van der Waals surface area contributed by atoms with Gasteiger partial charge in [-0.15, -0.1) is 0 Å². The molecule has 0 aliphatic carbocycles. The van der Waals surface area contributed by atoms with Crippen LogP contribution in [0.1, 0.15) is 10.4 Å². The molecule has 0 saturated heterocycles. The molecule has 0 aliphatic rings. The van der Waals surface area contributed by atoms with E-state index in [4.69, 9.17) is 0 Å². The van der Waals surface area contributed by atoms with Crippen LogP contribution in [0.2, 0.25) is 0 Å².